The quantitative estimate of drug-likeness (QED) is 0.717. The Kier molecular flexibility index (Phi) is 6.06. The molecule has 0 radical (unpaired) electrons. The van der Waals surface area contributed by atoms with Gasteiger partial charge in [0.25, 0.3) is 5.91 Å². The van der Waals surface area contributed by atoms with Gasteiger partial charge in [-0.2, -0.15) is 4.31 Å². The van der Waals surface area contributed by atoms with E-state index in [0.29, 0.717) is 43.4 Å². The van der Waals surface area contributed by atoms with Gasteiger partial charge in [-0.1, -0.05) is 6.07 Å². The maximum atomic E-state index is 13.1. The standard InChI is InChI=1S/C22H27N3O5S/c1-23(2)18-6-3-5-17(15-18)22(26)24-9-11-25(12-10-24)31(27,28)19-7-8-20-21(16-19)30-14-4-13-29-20/h3,5-8,15-16H,4,9-14H2,1-2H3. The van der Waals surface area contributed by atoms with E-state index in [0.717, 1.165) is 12.1 Å². The van der Waals surface area contributed by atoms with Gasteiger partial charge in [0.1, 0.15) is 0 Å². The van der Waals surface area contributed by atoms with Crippen LogP contribution in [0.1, 0.15) is 16.8 Å². The lowest BCUT2D eigenvalue weighted by atomic mass is 10.1. The number of hydrogen-bond acceptors (Lipinski definition) is 6. The van der Waals surface area contributed by atoms with Gasteiger partial charge in [-0.15, -0.1) is 0 Å². The van der Waals surface area contributed by atoms with Crippen molar-refractivity contribution in [1.82, 2.24) is 9.21 Å². The molecule has 0 aliphatic carbocycles. The van der Waals surface area contributed by atoms with Crippen LogP contribution in [-0.2, 0) is 10.0 Å². The molecule has 0 aromatic heterocycles. The van der Waals surface area contributed by atoms with E-state index in [-0.39, 0.29) is 23.9 Å². The molecule has 9 heteroatoms. The second kappa shape index (κ2) is 8.76. The molecule has 4 rings (SSSR count). The molecule has 0 spiro atoms. The van der Waals surface area contributed by atoms with Crippen molar-refractivity contribution < 1.29 is 22.7 Å². The van der Waals surface area contributed by atoms with Crippen LogP contribution in [0.4, 0.5) is 5.69 Å². The number of nitrogens with zero attached hydrogens (tertiary/aromatic N) is 3. The predicted octanol–water partition coefficient (Wildman–Crippen LogP) is 2.06. The van der Waals surface area contributed by atoms with E-state index >= 15 is 0 Å². The number of carbonyl (C=O) groups excluding carboxylic acids is 1. The summed E-state index contributed by atoms with van der Waals surface area (Å²) in [5.41, 5.74) is 1.55. The van der Waals surface area contributed by atoms with Crippen LogP contribution in [0.3, 0.4) is 0 Å². The Balaban J connectivity index is 1.45. The first-order valence-corrected chi connectivity index (χ1v) is 11.8. The number of hydrogen-bond donors (Lipinski definition) is 0. The van der Waals surface area contributed by atoms with Crippen LogP contribution in [0.25, 0.3) is 0 Å². The van der Waals surface area contributed by atoms with Gasteiger partial charge in [0, 0.05) is 64.0 Å². The van der Waals surface area contributed by atoms with Gasteiger partial charge < -0.3 is 19.3 Å². The van der Waals surface area contributed by atoms with Crippen molar-refractivity contribution in [3.05, 3.63) is 48.0 Å². The van der Waals surface area contributed by atoms with E-state index in [9.17, 15) is 13.2 Å². The fraction of sp³-hybridized carbons (Fsp3) is 0.409. The lowest BCUT2D eigenvalue weighted by molar-refractivity contribution is 0.0698. The van der Waals surface area contributed by atoms with E-state index in [4.69, 9.17) is 9.47 Å². The zero-order valence-corrected chi connectivity index (χ0v) is 18.6. The number of amides is 1. The van der Waals surface area contributed by atoms with Gasteiger partial charge in [0.15, 0.2) is 11.5 Å². The molecule has 2 aliphatic rings. The lowest BCUT2D eigenvalue weighted by Crippen LogP contribution is -2.50. The number of benzene rings is 2. The highest BCUT2D eigenvalue weighted by Crippen LogP contribution is 2.33. The highest BCUT2D eigenvalue weighted by Gasteiger charge is 2.31. The summed E-state index contributed by atoms with van der Waals surface area (Å²) in [6.45, 7) is 2.22. The summed E-state index contributed by atoms with van der Waals surface area (Å²) in [5, 5.41) is 0. The molecule has 8 nitrogen and oxygen atoms in total. The summed E-state index contributed by atoms with van der Waals surface area (Å²) >= 11 is 0. The van der Waals surface area contributed by atoms with Crippen molar-refractivity contribution in [2.75, 3.05) is 58.4 Å². The van der Waals surface area contributed by atoms with Crippen LogP contribution in [-0.4, -0.2) is 77.0 Å². The third-order valence-corrected chi connectivity index (χ3v) is 7.39. The Labute approximate surface area is 183 Å². The topological polar surface area (TPSA) is 79.4 Å². The SMILES string of the molecule is CN(C)c1cccc(C(=O)N2CCN(S(=O)(=O)c3ccc4c(c3)OCCCO4)CC2)c1. The minimum absolute atomic E-state index is 0.0867. The van der Waals surface area contributed by atoms with E-state index in [1.165, 1.54) is 10.4 Å². The number of anilines is 1. The van der Waals surface area contributed by atoms with Crippen LogP contribution < -0.4 is 14.4 Å². The Morgan fingerprint density at radius 1 is 0.935 bits per heavy atom. The van der Waals surface area contributed by atoms with Gasteiger partial charge in [0.2, 0.25) is 10.0 Å². The van der Waals surface area contributed by atoms with Crippen molar-refractivity contribution in [2.45, 2.75) is 11.3 Å². The van der Waals surface area contributed by atoms with Crippen molar-refractivity contribution in [2.24, 2.45) is 0 Å². The van der Waals surface area contributed by atoms with Crippen LogP contribution >= 0.6 is 0 Å². The molecule has 0 N–H and O–H groups in total. The summed E-state index contributed by atoms with van der Waals surface area (Å²) in [4.78, 5) is 16.7. The third-order valence-electron chi connectivity index (χ3n) is 5.49. The Morgan fingerprint density at radius 3 is 2.35 bits per heavy atom. The van der Waals surface area contributed by atoms with Crippen molar-refractivity contribution >= 4 is 21.6 Å². The first-order chi connectivity index (χ1) is 14.9. The molecule has 2 aliphatic heterocycles. The molecule has 0 unspecified atom stereocenters. The van der Waals surface area contributed by atoms with Crippen molar-refractivity contribution in [3.63, 3.8) is 0 Å². The van der Waals surface area contributed by atoms with Crippen molar-refractivity contribution in [3.8, 4) is 11.5 Å². The van der Waals surface area contributed by atoms with Gasteiger partial charge in [-0.3, -0.25) is 4.79 Å². The summed E-state index contributed by atoms with van der Waals surface area (Å²) in [7, 11) is 0.161. The smallest absolute Gasteiger partial charge is 0.254 e. The predicted molar refractivity (Wildman–Crippen MR) is 117 cm³/mol. The first-order valence-electron chi connectivity index (χ1n) is 10.3. The molecule has 0 atom stereocenters. The summed E-state index contributed by atoms with van der Waals surface area (Å²) in [5.74, 6) is 0.927. The molecule has 1 saturated heterocycles. The monoisotopic (exact) mass is 445 g/mol. The molecule has 1 amide bonds. The molecule has 31 heavy (non-hydrogen) atoms. The fourth-order valence-corrected chi connectivity index (χ4v) is 5.12. The zero-order valence-electron chi connectivity index (χ0n) is 17.8. The third kappa shape index (κ3) is 4.47. The average molecular weight is 446 g/mol. The summed E-state index contributed by atoms with van der Waals surface area (Å²) in [6.07, 6.45) is 0.754. The molecular formula is C22H27N3O5S. The highest BCUT2D eigenvalue weighted by molar-refractivity contribution is 7.89. The number of piperazine rings is 1. The molecule has 0 saturated carbocycles. The largest absolute Gasteiger partial charge is 0.490 e. The van der Waals surface area contributed by atoms with Crippen LogP contribution in [0.15, 0.2) is 47.4 Å². The molecular weight excluding hydrogens is 418 g/mol. The highest BCUT2D eigenvalue weighted by atomic mass is 32.2. The molecule has 2 aromatic rings. The van der Waals surface area contributed by atoms with E-state index < -0.39 is 10.0 Å². The first kappa shape index (κ1) is 21.5. The molecule has 2 heterocycles. The Morgan fingerprint density at radius 2 is 1.65 bits per heavy atom. The zero-order chi connectivity index (χ0) is 22.0. The number of rotatable bonds is 4. The van der Waals surface area contributed by atoms with E-state index in [2.05, 4.69) is 0 Å². The average Bonchev–Trinajstić information content (AvgIpc) is 3.03. The number of sulfonamides is 1. The van der Waals surface area contributed by atoms with Crippen LogP contribution in [0, 0.1) is 0 Å². The second-order valence-corrected chi connectivity index (χ2v) is 9.74. The van der Waals surface area contributed by atoms with Gasteiger partial charge in [0.05, 0.1) is 18.1 Å². The molecule has 166 valence electrons. The van der Waals surface area contributed by atoms with Gasteiger partial charge >= 0.3 is 0 Å². The normalized spacial score (nSPS) is 17.2. The number of ether oxygens (including phenoxy) is 2. The van der Waals surface area contributed by atoms with Gasteiger partial charge in [-0.05, 0) is 30.3 Å². The molecule has 1 fully saturated rings. The maximum Gasteiger partial charge on any atom is 0.254 e. The van der Waals surface area contributed by atoms with E-state index in [1.54, 1.807) is 23.1 Å². The number of carbonyl (C=O) groups is 1. The fourth-order valence-electron chi connectivity index (χ4n) is 3.68. The maximum absolute atomic E-state index is 13.1. The number of fused-ring (bicyclic) bond motifs is 1. The minimum atomic E-state index is -3.69. The Bertz CT molecular complexity index is 1060. The van der Waals surface area contributed by atoms with Crippen LogP contribution in [0.5, 0.6) is 11.5 Å². The second-order valence-electron chi connectivity index (χ2n) is 7.80. The molecule has 2 aromatic carbocycles. The Hall–Kier alpha value is -2.78. The van der Waals surface area contributed by atoms with Crippen LogP contribution in [0.2, 0.25) is 0 Å². The van der Waals surface area contributed by atoms with E-state index in [1.807, 2.05) is 37.2 Å². The molecule has 0 bridgehead atoms. The van der Waals surface area contributed by atoms with Crippen molar-refractivity contribution in [1.29, 1.82) is 0 Å². The lowest BCUT2D eigenvalue weighted by Gasteiger charge is -2.34. The summed E-state index contributed by atoms with van der Waals surface area (Å²) in [6, 6.07) is 12.2. The minimum Gasteiger partial charge on any atom is -0.490 e. The van der Waals surface area contributed by atoms with Gasteiger partial charge in [-0.25, -0.2) is 8.42 Å². The summed E-state index contributed by atoms with van der Waals surface area (Å²) < 4.78 is 38.9.